The average molecular weight is 416 g/mol. The van der Waals surface area contributed by atoms with Crippen molar-refractivity contribution >= 4 is 39.1 Å². The molecule has 2 aromatic carbocycles. The smallest absolute Gasteiger partial charge is 0.238 e. The van der Waals surface area contributed by atoms with Gasteiger partial charge in [-0.15, -0.1) is 0 Å². The molecule has 2 N–H and O–H groups in total. The van der Waals surface area contributed by atoms with Crippen LogP contribution in [0.25, 0.3) is 0 Å². The summed E-state index contributed by atoms with van der Waals surface area (Å²) in [6.45, 7) is 1.72. The predicted octanol–water partition coefficient (Wildman–Crippen LogP) is 3.74. The molecule has 5 nitrogen and oxygen atoms in total. The lowest BCUT2D eigenvalue weighted by Crippen LogP contribution is -2.44. The summed E-state index contributed by atoms with van der Waals surface area (Å²) in [4.78, 5) is 26.9. The minimum Gasteiger partial charge on any atom is -0.326 e. The standard InChI is InChI=1S/C20H22BrN3O2/c21-17-10-4-5-11-18(17)23-19(25)14-24-12-6-7-15(13-24)20(26)22-16-8-2-1-3-9-16/h1-5,8-11,15H,6-7,12-14H2,(H,22,26)(H,23,25)/t15-/m1/s1. The summed E-state index contributed by atoms with van der Waals surface area (Å²) < 4.78 is 0.854. The van der Waals surface area contributed by atoms with Gasteiger partial charge < -0.3 is 10.6 Å². The van der Waals surface area contributed by atoms with Gasteiger partial charge in [0.05, 0.1) is 18.2 Å². The molecule has 6 heteroatoms. The largest absolute Gasteiger partial charge is 0.326 e. The Morgan fingerprint density at radius 3 is 2.54 bits per heavy atom. The van der Waals surface area contributed by atoms with Gasteiger partial charge in [-0.3, -0.25) is 14.5 Å². The molecule has 3 rings (SSSR count). The van der Waals surface area contributed by atoms with Crippen LogP contribution in [0.5, 0.6) is 0 Å². The Balaban J connectivity index is 1.52. The minimum atomic E-state index is -0.0970. The zero-order valence-corrected chi connectivity index (χ0v) is 16.0. The van der Waals surface area contributed by atoms with Gasteiger partial charge in [-0.2, -0.15) is 0 Å². The van der Waals surface area contributed by atoms with E-state index in [9.17, 15) is 9.59 Å². The SMILES string of the molecule is O=C(CN1CCC[C@@H](C(=O)Nc2ccccc2)C1)Nc1ccccc1Br. The number of amides is 2. The first-order valence-corrected chi connectivity index (χ1v) is 9.54. The maximum absolute atomic E-state index is 12.5. The molecular formula is C20H22BrN3O2. The fourth-order valence-corrected chi connectivity index (χ4v) is 3.52. The molecule has 1 fully saturated rings. The van der Waals surface area contributed by atoms with Crippen LogP contribution in [0.3, 0.4) is 0 Å². The summed E-state index contributed by atoms with van der Waals surface area (Å²) in [6.07, 6.45) is 1.76. The second-order valence-electron chi connectivity index (χ2n) is 6.46. The molecule has 0 aromatic heterocycles. The van der Waals surface area contributed by atoms with Gasteiger partial charge in [0, 0.05) is 16.7 Å². The second-order valence-corrected chi connectivity index (χ2v) is 7.31. The fraction of sp³-hybridized carbons (Fsp3) is 0.300. The number of halogens is 1. The number of nitrogens with one attached hydrogen (secondary N) is 2. The molecule has 1 saturated heterocycles. The van der Waals surface area contributed by atoms with E-state index in [1.54, 1.807) is 0 Å². The van der Waals surface area contributed by atoms with Crippen molar-refractivity contribution < 1.29 is 9.59 Å². The number of carbonyl (C=O) groups is 2. The lowest BCUT2D eigenvalue weighted by atomic mass is 9.97. The van der Waals surface area contributed by atoms with Crippen LogP contribution in [0.4, 0.5) is 11.4 Å². The molecule has 0 saturated carbocycles. The zero-order chi connectivity index (χ0) is 18.4. The number of hydrogen-bond donors (Lipinski definition) is 2. The normalized spacial score (nSPS) is 17.5. The summed E-state index contributed by atoms with van der Waals surface area (Å²) in [5.74, 6) is -0.145. The first kappa shape index (κ1) is 18.6. The quantitative estimate of drug-likeness (QED) is 0.781. The Hall–Kier alpha value is -2.18. The Kier molecular flexibility index (Phi) is 6.41. The highest BCUT2D eigenvalue weighted by molar-refractivity contribution is 9.10. The van der Waals surface area contributed by atoms with Gasteiger partial charge in [0.1, 0.15) is 0 Å². The van der Waals surface area contributed by atoms with E-state index in [0.29, 0.717) is 6.54 Å². The van der Waals surface area contributed by atoms with E-state index in [4.69, 9.17) is 0 Å². The molecule has 1 aliphatic rings. The second kappa shape index (κ2) is 8.96. The number of carbonyl (C=O) groups excluding carboxylic acids is 2. The topological polar surface area (TPSA) is 61.4 Å². The van der Waals surface area contributed by atoms with Crippen molar-refractivity contribution in [2.45, 2.75) is 12.8 Å². The molecule has 0 spiro atoms. The van der Waals surface area contributed by atoms with Crippen LogP contribution in [-0.2, 0) is 9.59 Å². The molecule has 1 heterocycles. The Labute approximate surface area is 161 Å². The van der Waals surface area contributed by atoms with Crippen LogP contribution in [-0.4, -0.2) is 36.3 Å². The van der Waals surface area contributed by atoms with E-state index in [0.717, 1.165) is 35.2 Å². The molecule has 0 bridgehead atoms. The lowest BCUT2D eigenvalue weighted by molar-refractivity contribution is -0.123. The molecule has 136 valence electrons. The third-order valence-corrected chi connectivity index (χ3v) is 5.12. The third kappa shape index (κ3) is 5.16. The monoisotopic (exact) mass is 415 g/mol. The molecule has 0 radical (unpaired) electrons. The minimum absolute atomic E-state index is 0.0205. The number of hydrogen-bond acceptors (Lipinski definition) is 3. The average Bonchev–Trinajstić information content (AvgIpc) is 2.64. The van der Waals surface area contributed by atoms with Gasteiger partial charge in [0.25, 0.3) is 0 Å². The van der Waals surface area contributed by atoms with Crippen LogP contribution in [0.15, 0.2) is 59.1 Å². The number of anilines is 2. The van der Waals surface area contributed by atoms with Crippen molar-refractivity contribution in [1.82, 2.24) is 4.90 Å². The van der Waals surface area contributed by atoms with E-state index in [1.165, 1.54) is 0 Å². The van der Waals surface area contributed by atoms with E-state index in [2.05, 4.69) is 26.6 Å². The van der Waals surface area contributed by atoms with Crippen LogP contribution >= 0.6 is 15.9 Å². The van der Waals surface area contributed by atoms with Gasteiger partial charge in [0.2, 0.25) is 11.8 Å². The summed E-state index contributed by atoms with van der Waals surface area (Å²) in [7, 11) is 0. The van der Waals surface area contributed by atoms with E-state index >= 15 is 0 Å². The van der Waals surface area contributed by atoms with Gasteiger partial charge in [-0.1, -0.05) is 30.3 Å². The van der Waals surface area contributed by atoms with Gasteiger partial charge >= 0.3 is 0 Å². The van der Waals surface area contributed by atoms with Crippen molar-refractivity contribution in [2.24, 2.45) is 5.92 Å². The fourth-order valence-electron chi connectivity index (χ4n) is 3.13. The zero-order valence-electron chi connectivity index (χ0n) is 14.5. The van der Waals surface area contributed by atoms with Crippen LogP contribution in [0.1, 0.15) is 12.8 Å². The lowest BCUT2D eigenvalue weighted by Gasteiger charge is -2.31. The highest BCUT2D eigenvalue weighted by Crippen LogP contribution is 2.22. The summed E-state index contributed by atoms with van der Waals surface area (Å²) in [6, 6.07) is 17.0. The molecule has 2 aromatic rings. The van der Waals surface area contributed by atoms with Crippen LogP contribution < -0.4 is 10.6 Å². The van der Waals surface area contributed by atoms with E-state index < -0.39 is 0 Å². The Morgan fingerprint density at radius 1 is 1.04 bits per heavy atom. The molecule has 0 unspecified atom stereocenters. The van der Waals surface area contributed by atoms with Crippen molar-refractivity contribution in [3.63, 3.8) is 0 Å². The number of para-hydroxylation sites is 2. The van der Waals surface area contributed by atoms with Gasteiger partial charge in [-0.05, 0) is 59.6 Å². The van der Waals surface area contributed by atoms with E-state index in [-0.39, 0.29) is 24.3 Å². The van der Waals surface area contributed by atoms with E-state index in [1.807, 2.05) is 59.5 Å². The summed E-state index contributed by atoms with van der Waals surface area (Å²) in [5, 5.41) is 5.87. The first-order valence-electron chi connectivity index (χ1n) is 8.74. The Bertz CT molecular complexity index is 767. The molecule has 26 heavy (non-hydrogen) atoms. The summed E-state index contributed by atoms with van der Waals surface area (Å²) in [5.41, 5.74) is 1.56. The van der Waals surface area contributed by atoms with Crippen molar-refractivity contribution in [1.29, 1.82) is 0 Å². The number of benzene rings is 2. The van der Waals surface area contributed by atoms with Crippen molar-refractivity contribution in [3.8, 4) is 0 Å². The number of nitrogens with zero attached hydrogens (tertiary/aromatic N) is 1. The number of likely N-dealkylation sites (tertiary alicyclic amines) is 1. The van der Waals surface area contributed by atoms with Crippen molar-refractivity contribution in [3.05, 3.63) is 59.1 Å². The Morgan fingerprint density at radius 2 is 1.77 bits per heavy atom. The molecule has 2 amide bonds. The maximum Gasteiger partial charge on any atom is 0.238 e. The first-order chi connectivity index (χ1) is 12.6. The molecular weight excluding hydrogens is 394 g/mol. The highest BCUT2D eigenvalue weighted by Gasteiger charge is 2.27. The third-order valence-electron chi connectivity index (χ3n) is 4.43. The van der Waals surface area contributed by atoms with Crippen LogP contribution in [0, 0.1) is 5.92 Å². The number of rotatable bonds is 5. The highest BCUT2D eigenvalue weighted by atomic mass is 79.9. The predicted molar refractivity (Wildman–Crippen MR) is 107 cm³/mol. The molecule has 1 atom stereocenters. The van der Waals surface area contributed by atoms with Crippen molar-refractivity contribution in [2.75, 3.05) is 30.3 Å². The number of piperidine rings is 1. The molecule has 1 aliphatic heterocycles. The van der Waals surface area contributed by atoms with Gasteiger partial charge in [0.15, 0.2) is 0 Å². The summed E-state index contributed by atoms with van der Waals surface area (Å²) >= 11 is 3.43. The maximum atomic E-state index is 12.5. The molecule has 0 aliphatic carbocycles. The van der Waals surface area contributed by atoms with Gasteiger partial charge in [-0.25, -0.2) is 0 Å². The van der Waals surface area contributed by atoms with Crippen LogP contribution in [0.2, 0.25) is 0 Å².